The lowest BCUT2D eigenvalue weighted by atomic mass is 9.93. The zero-order valence-corrected chi connectivity index (χ0v) is 15.6. The van der Waals surface area contributed by atoms with Crippen LogP contribution in [-0.4, -0.2) is 12.6 Å². The van der Waals surface area contributed by atoms with Gasteiger partial charge in [0.25, 0.3) is 0 Å². The fourth-order valence-corrected chi connectivity index (χ4v) is 3.32. The van der Waals surface area contributed by atoms with E-state index in [1.165, 1.54) is 36.0 Å². The Labute approximate surface area is 156 Å². The van der Waals surface area contributed by atoms with E-state index in [2.05, 4.69) is 54.0 Å². The number of nitrogens with one attached hydrogen (secondary N) is 2. The molecule has 26 heavy (non-hydrogen) atoms. The second-order valence-electron chi connectivity index (χ2n) is 6.89. The number of anilines is 1. The molecule has 0 aromatic heterocycles. The Morgan fingerprint density at radius 1 is 0.923 bits per heavy atom. The van der Waals surface area contributed by atoms with Crippen LogP contribution in [0.3, 0.4) is 0 Å². The van der Waals surface area contributed by atoms with Crippen molar-refractivity contribution < 1.29 is 4.79 Å². The summed E-state index contributed by atoms with van der Waals surface area (Å²) in [6.07, 6.45) is 11.1. The molecular formula is C23H28N2O. The lowest BCUT2D eigenvalue weighted by Crippen LogP contribution is -2.29. The maximum Gasteiger partial charge on any atom is 0.319 e. The van der Waals surface area contributed by atoms with Crippen LogP contribution in [-0.2, 0) is 12.8 Å². The average Bonchev–Trinajstić information content (AvgIpc) is 2.67. The molecule has 2 amide bonds. The van der Waals surface area contributed by atoms with Crippen LogP contribution in [0.5, 0.6) is 0 Å². The van der Waals surface area contributed by atoms with Crippen LogP contribution in [0.2, 0.25) is 0 Å². The largest absolute Gasteiger partial charge is 0.338 e. The van der Waals surface area contributed by atoms with Gasteiger partial charge in [-0.1, -0.05) is 68.7 Å². The van der Waals surface area contributed by atoms with Crippen LogP contribution in [0.4, 0.5) is 10.5 Å². The van der Waals surface area contributed by atoms with E-state index in [-0.39, 0.29) is 6.03 Å². The van der Waals surface area contributed by atoms with Crippen molar-refractivity contribution in [1.29, 1.82) is 0 Å². The highest BCUT2D eigenvalue weighted by Crippen LogP contribution is 2.27. The highest BCUT2D eigenvalue weighted by molar-refractivity contribution is 5.90. The van der Waals surface area contributed by atoms with Gasteiger partial charge in [-0.25, -0.2) is 4.79 Å². The fourth-order valence-electron chi connectivity index (χ4n) is 3.32. The molecule has 0 heterocycles. The Kier molecular flexibility index (Phi) is 6.48. The fraction of sp³-hybridized carbons (Fsp3) is 0.348. The topological polar surface area (TPSA) is 41.1 Å². The number of fused-ring (bicyclic) bond motifs is 1. The van der Waals surface area contributed by atoms with Gasteiger partial charge in [0.1, 0.15) is 0 Å². The second-order valence-corrected chi connectivity index (χ2v) is 6.89. The van der Waals surface area contributed by atoms with Gasteiger partial charge < -0.3 is 10.6 Å². The van der Waals surface area contributed by atoms with Crippen molar-refractivity contribution in [1.82, 2.24) is 5.32 Å². The Bertz CT molecular complexity index is 780. The normalized spacial score (nSPS) is 12.5. The zero-order valence-electron chi connectivity index (χ0n) is 15.6. The summed E-state index contributed by atoms with van der Waals surface area (Å²) in [7, 11) is 0. The molecule has 0 aliphatic heterocycles. The highest BCUT2D eigenvalue weighted by Gasteiger charge is 2.08. The summed E-state index contributed by atoms with van der Waals surface area (Å²) in [5.41, 5.74) is 5.96. The number of carbonyl (C=O) groups excluding carboxylic acids is 1. The molecule has 2 aromatic carbocycles. The van der Waals surface area contributed by atoms with Crippen molar-refractivity contribution in [3.63, 3.8) is 0 Å². The molecule has 0 atom stereocenters. The number of unbranched alkanes of at least 4 members (excludes halogenated alkanes) is 3. The van der Waals surface area contributed by atoms with E-state index in [0.717, 1.165) is 37.1 Å². The van der Waals surface area contributed by atoms with E-state index >= 15 is 0 Å². The number of carbonyl (C=O) groups is 1. The summed E-state index contributed by atoms with van der Waals surface area (Å²) < 4.78 is 0. The summed E-state index contributed by atoms with van der Waals surface area (Å²) in [5.74, 6) is 0. The first-order valence-electron chi connectivity index (χ1n) is 9.68. The Balaban J connectivity index is 1.61. The molecule has 3 heteroatoms. The van der Waals surface area contributed by atoms with Crippen LogP contribution in [0.1, 0.15) is 43.7 Å². The van der Waals surface area contributed by atoms with Crippen molar-refractivity contribution in [3.8, 4) is 11.1 Å². The summed E-state index contributed by atoms with van der Waals surface area (Å²) >= 11 is 0. The number of benzene rings is 2. The molecule has 0 saturated heterocycles. The molecule has 2 N–H and O–H groups in total. The first kappa shape index (κ1) is 18.2. The predicted octanol–water partition coefficient (Wildman–Crippen LogP) is 5.71. The van der Waals surface area contributed by atoms with Crippen LogP contribution < -0.4 is 10.6 Å². The van der Waals surface area contributed by atoms with Gasteiger partial charge >= 0.3 is 6.03 Å². The van der Waals surface area contributed by atoms with Gasteiger partial charge in [0, 0.05) is 12.2 Å². The van der Waals surface area contributed by atoms with Gasteiger partial charge in [-0.15, -0.1) is 0 Å². The Morgan fingerprint density at radius 2 is 1.73 bits per heavy atom. The van der Waals surface area contributed by atoms with Crippen molar-refractivity contribution in [2.24, 2.45) is 0 Å². The summed E-state index contributed by atoms with van der Waals surface area (Å²) in [4.78, 5) is 12.1. The smallest absolute Gasteiger partial charge is 0.319 e. The molecular weight excluding hydrogens is 320 g/mol. The van der Waals surface area contributed by atoms with E-state index in [4.69, 9.17) is 0 Å². The molecule has 3 nitrogen and oxygen atoms in total. The second kappa shape index (κ2) is 9.23. The number of hydrogen-bond donors (Lipinski definition) is 2. The molecule has 0 fully saturated rings. The van der Waals surface area contributed by atoms with E-state index in [9.17, 15) is 4.79 Å². The van der Waals surface area contributed by atoms with Gasteiger partial charge in [-0.05, 0) is 53.6 Å². The highest BCUT2D eigenvalue weighted by atomic mass is 16.2. The van der Waals surface area contributed by atoms with E-state index in [1.807, 2.05) is 18.2 Å². The maximum absolute atomic E-state index is 12.1. The number of rotatable bonds is 7. The standard InChI is InChI=1S/C23H28N2O/c1-2-3-4-7-15-24-23(26)25-22-12-8-11-20(17-22)21-14-13-18-9-5-6-10-19(18)16-21/h5-6,8,11-14,16-17H,2-4,7,9-10,15H2,1H3,(H2,24,25,26). The third-order valence-electron chi connectivity index (χ3n) is 4.82. The summed E-state index contributed by atoms with van der Waals surface area (Å²) in [6.45, 7) is 2.91. The van der Waals surface area contributed by atoms with Gasteiger partial charge in [0.15, 0.2) is 0 Å². The lowest BCUT2D eigenvalue weighted by Gasteiger charge is -2.14. The van der Waals surface area contributed by atoms with Crippen LogP contribution in [0.15, 0.2) is 54.6 Å². The van der Waals surface area contributed by atoms with Gasteiger partial charge in [0.2, 0.25) is 0 Å². The molecule has 2 aromatic rings. The van der Waals surface area contributed by atoms with Gasteiger partial charge in [0.05, 0.1) is 0 Å². The SMILES string of the molecule is CCCCCCNC(=O)Nc1cccc(-c2ccc3c(c2)CC=CC3)c1. The molecule has 0 spiro atoms. The van der Waals surface area contributed by atoms with E-state index < -0.39 is 0 Å². The molecule has 1 aliphatic rings. The van der Waals surface area contributed by atoms with Crippen molar-refractivity contribution >= 4 is 11.7 Å². The minimum absolute atomic E-state index is 0.130. The molecule has 3 rings (SSSR count). The number of allylic oxidation sites excluding steroid dienone is 2. The average molecular weight is 348 g/mol. The monoisotopic (exact) mass is 348 g/mol. The minimum atomic E-state index is -0.130. The maximum atomic E-state index is 12.1. The van der Waals surface area contributed by atoms with E-state index in [1.54, 1.807) is 0 Å². The Hall–Kier alpha value is -2.55. The van der Waals surface area contributed by atoms with Crippen molar-refractivity contribution in [2.45, 2.75) is 45.4 Å². The summed E-state index contributed by atoms with van der Waals surface area (Å²) in [6, 6.07) is 14.6. The van der Waals surface area contributed by atoms with Gasteiger partial charge in [-0.2, -0.15) is 0 Å². The molecule has 0 unspecified atom stereocenters. The van der Waals surface area contributed by atoms with E-state index in [0.29, 0.717) is 0 Å². The number of amides is 2. The predicted molar refractivity (Wildman–Crippen MR) is 110 cm³/mol. The molecule has 0 bridgehead atoms. The van der Waals surface area contributed by atoms with Crippen molar-refractivity contribution in [2.75, 3.05) is 11.9 Å². The third-order valence-corrected chi connectivity index (χ3v) is 4.82. The summed E-state index contributed by atoms with van der Waals surface area (Å²) in [5, 5.41) is 5.88. The molecule has 0 saturated carbocycles. The first-order chi connectivity index (χ1) is 12.8. The zero-order chi connectivity index (χ0) is 18.2. The van der Waals surface area contributed by atoms with Crippen LogP contribution in [0.25, 0.3) is 11.1 Å². The van der Waals surface area contributed by atoms with Crippen molar-refractivity contribution in [3.05, 3.63) is 65.7 Å². The third kappa shape index (κ3) is 4.98. The Morgan fingerprint density at radius 3 is 2.58 bits per heavy atom. The molecule has 0 radical (unpaired) electrons. The molecule has 136 valence electrons. The van der Waals surface area contributed by atoms with Crippen LogP contribution in [0, 0.1) is 0 Å². The van der Waals surface area contributed by atoms with Gasteiger partial charge in [-0.3, -0.25) is 0 Å². The quantitative estimate of drug-likeness (QED) is 0.488. The van der Waals surface area contributed by atoms with Crippen LogP contribution >= 0.6 is 0 Å². The molecule has 1 aliphatic carbocycles. The lowest BCUT2D eigenvalue weighted by molar-refractivity contribution is 0.252. The number of hydrogen-bond acceptors (Lipinski definition) is 1. The minimum Gasteiger partial charge on any atom is -0.338 e. The number of urea groups is 1. The first-order valence-corrected chi connectivity index (χ1v) is 9.68.